The van der Waals surface area contributed by atoms with E-state index in [0.717, 1.165) is 37.5 Å². The van der Waals surface area contributed by atoms with Gasteiger partial charge in [0.05, 0.1) is 23.8 Å². The van der Waals surface area contributed by atoms with Crippen LogP contribution in [0.3, 0.4) is 0 Å². The normalized spacial score (nSPS) is 22.3. The van der Waals surface area contributed by atoms with Gasteiger partial charge in [-0.1, -0.05) is 6.07 Å². The van der Waals surface area contributed by atoms with E-state index in [1.165, 1.54) is 25.1 Å². The van der Waals surface area contributed by atoms with E-state index >= 15 is 0 Å². The number of pyridine rings is 1. The number of anilines is 1. The van der Waals surface area contributed by atoms with Crippen LogP contribution in [0.5, 0.6) is 0 Å². The van der Waals surface area contributed by atoms with Gasteiger partial charge in [0.15, 0.2) is 0 Å². The Morgan fingerprint density at radius 2 is 2.08 bits per heavy atom. The van der Waals surface area contributed by atoms with Gasteiger partial charge in [0.2, 0.25) is 0 Å². The van der Waals surface area contributed by atoms with Crippen molar-refractivity contribution in [1.29, 1.82) is 0 Å². The largest absolute Gasteiger partial charge is 0.416 e. The van der Waals surface area contributed by atoms with Crippen molar-refractivity contribution < 1.29 is 17.9 Å². The second kappa shape index (κ2) is 6.46. The summed E-state index contributed by atoms with van der Waals surface area (Å²) in [6.07, 6.45) is -0.190. The molecule has 0 bridgehead atoms. The van der Waals surface area contributed by atoms with Gasteiger partial charge in [0, 0.05) is 42.9 Å². The lowest BCUT2D eigenvalue weighted by atomic mass is 10.1. The van der Waals surface area contributed by atoms with E-state index in [1.54, 1.807) is 6.07 Å². The predicted octanol–water partition coefficient (Wildman–Crippen LogP) is 3.53. The van der Waals surface area contributed by atoms with Crippen molar-refractivity contribution in [3.05, 3.63) is 36.0 Å². The summed E-state index contributed by atoms with van der Waals surface area (Å²) in [4.78, 5) is 6.54. The van der Waals surface area contributed by atoms with Gasteiger partial charge in [-0.05, 0) is 31.0 Å². The third-order valence-electron chi connectivity index (χ3n) is 4.82. The number of fused-ring (bicyclic) bond motifs is 1. The highest BCUT2D eigenvalue weighted by atomic mass is 19.4. The molecule has 1 saturated carbocycles. The molecule has 2 fully saturated rings. The number of morpholine rings is 1. The first-order valence-corrected chi connectivity index (χ1v) is 8.56. The van der Waals surface area contributed by atoms with Crippen molar-refractivity contribution in [3.63, 3.8) is 0 Å². The van der Waals surface area contributed by atoms with Crippen LogP contribution in [0.25, 0.3) is 10.9 Å². The van der Waals surface area contributed by atoms with E-state index in [1.807, 2.05) is 0 Å². The lowest BCUT2D eigenvalue weighted by Gasteiger charge is -2.33. The molecular weight excluding hydrogens is 331 g/mol. The van der Waals surface area contributed by atoms with E-state index in [9.17, 15) is 13.2 Å². The average Bonchev–Trinajstić information content (AvgIpc) is 3.44. The highest BCUT2D eigenvalue weighted by Gasteiger charge is 2.33. The van der Waals surface area contributed by atoms with E-state index in [4.69, 9.17) is 4.74 Å². The van der Waals surface area contributed by atoms with E-state index in [-0.39, 0.29) is 6.10 Å². The molecule has 4 nitrogen and oxygen atoms in total. The minimum Gasteiger partial charge on any atom is -0.382 e. The summed E-state index contributed by atoms with van der Waals surface area (Å²) in [5.41, 5.74) is 0.440. The second-order valence-electron chi connectivity index (χ2n) is 6.69. The number of alkyl halides is 3. The fourth-order valence-electron chi connectivity index (χ4n) is 3.34. The van der Waals surface area contributed by atoms with Crippen LogP contribution in [0.4, 0.5) is 18.9 Å². The Morgan fingerprint density at radius 3 is 2.84 bits per heavy atom. The predicted molar refractivity (Wildman–Crippen MR) is 89.6 cm³/mol. The molecule has 1 aliphatic heterocycles. The third-order valence-corrected chi connectivity index (χ3v) is 4.82. The van der Waals surface area contributed by atoms with Crippen molar-refractivity contribution in [3.8, 4) is 0 Å². The topological polar surface area (TPSA) is 37.4 Å². The monoisotopic (exact) mass is 351 g/mol. The van der Waals surface area contributed by atoms with Gasteiger partial charge in [-0.25, -0.2) is 0 Å². The quantitative estimate of drug-likeness (QED) is 0.914. The first-order chi connectivity index (χ1) is 12.0. The molecule has 2 heterocycles. The zero-order valence-electron chi connectivity index (χ0n) is 13.7. The first kappa shape index (κ1) is 16.6. The summed E-state index contributed by atoms with van der Waals surface area (Å²) in [6, 6.07) is 6.17. The summed E-state index contributed by atoms with van der Waals surface area (Å²) in [7, 11) is 0. The van der Waals surface area contributed by atoms with Crippen LogP contribution in [0, 0.1) is 0 Å². The number of nitrogens with one attached hydrogen (secondary N) is 1. The van der Waals surface area contributed by atoms with Gasteiger partial charge in [0.25, 0.3) is 0 Å². The molecule has 1 N–H and O–H groups in total. The van der Waals surface area contributed by atoms with Crippen LogP contribution in [-0.2, 0) is 10.9 Å². The summed E-state index contributed by atoms with van der Waals surface area (Å²) in [6.45, 7) is 3.25. The maximum Gasteiger partial charge on any atom is 0.416 e. The average molecular weight is 351 g/mol. The van der Waals surface area contributed by atoms with Gasteiger partial charge in [-0.15, -0.1) is 0 Å². The SMILES string of the molecule is FC(F)(F)c1ccc2c(NCC3CN(C4CC4)CCO3)ccnc2c1. The lowest BCUT2D eigenvalue weighted by Crippen LogP contribution is -2.46. The lowest BCUT2D eigenvalue weighted by molar-refractivity contribution is -0.137. The molecule has 0 spiro atoms. The molecule has 2 aromatic rings. The Morgan fingerprint density at radius 1 is 1.24 bits per heavy atom. The first-order valence-electron chi connectivity index (χ1n) is 8.56. The Hall–Kier alpha value is -1.86. The number of hydrogen-bond acceptors (Lipinski definition) is 4. The molecule has 134 valence electrons. The molecule has 1 aromatic carbocycles. The highest BCUT2D eigenvalue weighted by Crippen LogP contribution is 2.33. The third kappa shape index (κ3) is 3.72. The number of rotatable bonds is 4. The van der Waals surface area contributed by atoms with Crippen LogP contribution in [-0.4, -0.2) is 48.3 Å². The van der Waals surface area contributed by atoms with E-state index < -0.39 is 11.7 Å². The molecular formula is C18H20F3N3O. The Labute approximate surface area is 144 Å². The molecule has 7 heteroatoms. The Bertz CT molecular complexity index is 761. The van der Waals surface area contributed by atoms with Crippen LogP contribution in [0.1, 0.15) is 18.4 Å². The smallest absolute Gasteiger partial charge is 0.382 e. The number of aromatic nitrogens is 1. The fourth-order valence-corrected chi connectivity index (χ4v) is 3.34. The molecule has 1 saturated heterocycles. The highest BCUT2D eigenvalue weighted by molar-refractivity contribution is 5.91. The van der Waals surface area contributed by atoms with Gasteiger partial charge in [-0.3, -0.25) is 9.88 Å². The summed E-state index contributed by atoms with van der Waals surface area (Å²) < 4.78 is 44.4. The molecule has 25 heavy (non-hydrogen) atoms. The molecule has 1 unspecified atom stereocenters. The number of benzene rings is 1. The van der Waals surface area contributed by atoms with Crippen LogP contribution >= 0.6 is 0 Å². The van der Waals surface area contributed by atoms with Crippen molar-refractivity contribution in [2.45, 2.75) is 31.2 Å². The molecule has 1 aromatic heterocycles. The Kier molecular flexibility index (Phi) is 4.29. The van der Waals surface area contributed by atoms with Gasteiger partial charge in [0.1, 0.15) is 0 Å². The maximum atomic E-state index is 12.8. The van der Waals surface area contributed by atoms with Gasteiger partial charge >= 0.3 is 6.18 Å². The summed E-state index contributed by atoms with van der Waals surface area (Å²) >= 11 is 0. The van der Waals surface area contributed by atoms with Gasteiger partial charge in [-0.2, -0.15) is 13.2 Å². The summed E-state index contributed by atoms with van der Waals surface area (Å²) in [5, 5.41) is 4.01. The van der Waals surface area contributed by atoms with Gasteiger partial charge < -0.3 is 10.1 Å². The van der Waals surface area contributed by atoms with Crippen LogP contribution < -0.4 is 5.32 Å². The summed E-state index contributed by atoms with van der Waals surface area (Å²) in [5.74, 6) is 0. The maximum absolute atomic E-state index is 12.8. The van der Waals surface area contributed by atoms with Crippen LogP contribution in [0.2, 0.25) is 0 Å². The molecule has 0 radical (unpaired) electrons. The number of ether oxygens (including phenoxy) is 1. The standard InChI is InChI=1S/C18H20F3N3O/c19-18(20,21)12-1-4-15-16(5-6-22-17(15)9-12)23-10-14-11-24(7-8-25-14)13-2-3-13/h1,4-6,9,13-14H,2-3,7-8,10-11H2,(H,22,23). The minimum absolute atomic E-state index is 0.0898. The van der Waals surface area contributed by atoms with Crippen molar-refractivity contribution in [2.24, 2.45) is 0 Å². The van der Waals surface area contributed by atoms with Crippen LogP contribution in [0.15, 0.2) is 30.5 Å². The molecule has 1 atom stereocenters. The zero-order chi connectivity index (χ0) is 17.4. The number of nitrogens with zero attached hydrogens (tertiary/aromatic N) is 2. The van der Waals surface area contributed by atoms with Crippen molar-refractivity contribution in [2.75, 3.05) is 31.6 Å². The second-order valence-corrected chi connectivity index (χ2v) is 6.69. The number of halogens is 3. The van der Waals surface area contributed by atoms with E-state index in [0.29, 0.717) is 23.5 Å². The molecule has 1 aliphatic carbocycles. The van der Waals surface area contributed by atoms with Crippen molar-refractivity contribution in [1.82, 2.24) is 9.88 Å². The fraction of sp³-hybridized carbons (Fsp3) is 0.500. The number of hydrogen-bond donors (Lipinski definition) is 1. The van der Waals surface area contributed by atoms with E-state index in [2.05, 4.69) is 15.2 Å². The molecule has 0 amide bonds. The van der Waals surface area contributed by atoms with Crippen molar-refractivity contribution >= 4 is 16.6 Å². The Balaban J connectivity index is 1.47. The molecule has 2 aliphatic rings. The molecule has 4 rings (SSSR count). The minimum atomic E-state index is -4.36. The zero-order valence-corrected chi connectivity index (χ0v) is 13.7.